The van der Waals surface area contributed by atoms with Crippen LogP contribution in [-0.2, 0) is 13.0 Å². The van der Waals surface area contributed by atoms with Gasteiger partial charge in [0.25, 0.3) is 0 Å². The number of nitrogens with one attached hydrogen (secondary N) is 2. The molecule has 0 fully saturated rings. The molecule has 2 N–H and O–H groups in total. The average Bonchev–Trinajstić information content (AvgIpc) is 3.33. The lowest BCUT2D eigenvalue weighted by molar-refractivity contribution is 0.574. The Labute approximate surface area is 162 Å². The van der Waals surface area contributed by atoms with E-state index in [1.807, 2.05) is 37.4 Å². The number of aliphatic imine (C=N–C) groups is 1. The van der Waals surface area contributed by atoms with E-state index in [0.717, 1.165) is 40.6 Å². The number of hydrogen-bond donors (Lipinski definition) is 2. The van der Waals surface area contributed by atoms with Gasteiger partial charge in [0.15, 0.2) is 5.96 Å². The molecule has 27 heavy (non-hydrogen) atoms. The highest BCUT2D eigenvalue weighted by atomic mass is 32.1. The van der Waals surface area contributed by atoms with Crippen LogP contribution in [0.4, 0.5) is 4.39 Å². The Balaban J connectivity index is 1.56. The maximum Gasteiger partial charge on any atom is 0.236 e. The van der Waals surface area contributed by atoms with E-state index in [1.165, 1.54) is 6.07 Å². The number of halogens is 1. The summed E-state index contributed by atoms with van der Waals surface area (Å²) in [4.78, 5) is 10.0. The van der Waals surface area contributed by atoms with E-state index in [4.69, 9.17) is 4.42 Å². The van der Waals surface area contributed by atoms with Gasteiger partial charge in [-0.2, -0.15) is 0 Å². The number of rotatable bonds is 7. The molecule has 0 aliphatic carbocycles. The summed E-state index contributed by atoms with van der Waals surface area (Å²) in [7, 11) is 0. The fraction of sp³-hybridized carbons (Fsp3) is 0.300. The summed E-state index contributed by atoms with van der Waals surface area (Å²) in [6.45, 7) is 5.85. The van der Waals surface area contributed by atoms with Crippen LogP contribution in [0, 0.1) is 12.7 Å². The molecule has 3 rings (SSSR count). The maximum atomic E-state index is 13.2. The van der Waals surface area contributed by atoms with Crippen LogP contribution in [0.5, 0.6) is 0 Å². The highest BCUT2D eigenvalue weighted by Crippen LogP contribution is 2.23. The summed E-state index contributed by atoms with van der Waals surface area (Å²) in [6, 6.07) is 8.84. The molecule has 0 spiro atoms. The number of oxazole rings is 1. The zero-order valence-electron chi connectivity index (χ0n) is 15.5. The van der Waals surface area contributed by atoms with Crippen LogP contribution >= 0.6 is 11.3 Å². The predicted molar refractivity (Wildman–Crippen MR) is 107 cm³/mol. The Morgan fingerprint density at radius 3 is 2.93 bits per heavy atom. The molecule has 0 saturated heterocycles. The van der Waals surface area contributed by atoms with Crippen molar-refractivity contribution in [2.45, 2.75) is 26.8 Å². The van der Waals surface area contributed by atoms with Gasteiger partial charge in [-0.25, -0.2) is 14.4 Å². The van der Waals surface area contributed by atoms with Crippen molar-refractivity contribution in [3.8, 4) is 10.8 Å². The summed E-state index contributed by atoms with van der Waals surface area (Å²) in [6.07, 6.45) is 2.44. The normalized spacial score (nSPS) is 11.6. The molecule has 0 aliphatic rings. The van der Waals surface area contributed by atoms with Crippen LogP contribution < -0.4 is 10.6 Å². The number of aryl methyl sites for hydroxylation is 1. The van der Waals surface area contributed by atoms with Crippen LogP contribution in [0.2, 0.25) is 0 Å². The van der Waals surface area contributed by atoms with Crippen molar-refractivity contribution in [3.63, 3.8) is 0 Å². The zero-order chi connectivity index (χ0) is 19.1. The van der Waals surface area contributed by atoms with Crippen LogP contribution in [0.3, 0.4) is 0 Å². The monoisotopic (exact) mass is 386 g/mol. The first-order chi connectivity index (χ1) is 13.2. The van der Waals surface area contributed by atoms with Gasteiger partial charge < -0.3 is 15.1 Å². The molecule has 0 saturated carbocycles. The lowest BCUT2D eigenvalue weighted by atomic mass is 10.1. The van der Waals surface area contributed by atoms with Crippen molar-refractivity contribution >= 4 is 17.3 Å². The Kier molecular flexibility index (Phi) is 6.59. The third-order valence-corrected chi connectivity index (χ3v) is 4.88. The smallest absolute Gasteiger partial charge is 0.236 e. The molecule has 7 heteroatoms. The minimum absolute atomic E-state index is 0.200. The minimum atomic E-state index is -0.200. The number of aromatic nitrogens is 1. The molecule has 3 aromatic rings. The number of benzene rings is 1. The van der Waals surface area contributed by atoms with Crippen LogP contribution in [0.15, 0.2) is 51.4 Å². The lowest BCUT2D eigenvalue weighted by Gasteiger charge is -2.12. The van der Waals surface area contributed by atoms with Crippen LogP contribution in [0.25, 0.3) is 10.8 Å². The van der Waals surface area contributed by atoms with Crippen molar-refractivity contribution in [1.29, 1.82) is 0 Å². The summed E-state index contributed by atoms with van der Waals surface area (Å²) in [5.74, 6) is 1.14. The summed E-state index contributed by atoms with van der Waals surface area (Å²) >= 11 is 1.59. The number of hydrogen-bond acceptors (Lipinski definition) is 4. The molecule has 2 aromatic heterocycles. The quantitative estimate of drug-likeness (QED) is 0.473. The summed E-state index contributed by atoms with van der Waals surface area (Å²) < 4.78 is 18.7. The summed E-state index contributed by atoms with van der Waals surface area (Å²) in [5, 5.41) is 8.52. The van der Waals surface area contributed by atoms with Gasteiger partial charge in [0.05, 0.1) is 11.4 Å². The number of nitrogens with zero attached hydrogens (tertiary/aromatic N) is 2. The van der Waals surface area contributed by atoms with E-state index in [-0.39, 0.29) is 5.82 Å². The number of thiophene rings is 1. The number of guanidine groups is 1. The topological polar surface area (TPSA) is 62.5 Å². The first-order valence-electron chi connectivity index (χ1n) is 8.91. The SMILES string of the molecule is CCNC(=NCc1coc(-c2cccs2)n1)NCCc1ccc(F)cc1C. The molecular weight excluding hydrogens is 363 g/mol. The van der Waals surface area contributed by atoms with Gasteiger partial charge in [-0.15, -0.1) is 11.3 Å². The molecule has 0 unspecified atom stereocenters. The van der Waals surface area contributed by atoms with E-state index < -0.39 is 0 Å². The minimum Gasteiger partial charge on any atom is -0.443 e. The fourth-order valence-corrected chi connectivity index (χ4v) is 3.31. The lowest BCUT2D eigenvalue weighted by Crippen LogP contribution is -2.38. The van der Waals surface area contributed by atoms with Crippen molar-refractivity contribution < 1.29 is 8.81 Å². The van der Waals surface area contributed by atoms with Gasteiger partial charge in [-0.1, -0.05) is 12.1 Å². The molecule has 2 heterocycles. The molecule has 0 bridgehead atoms. The molecular formula is C20H23FN4OS. The molecule has 0 atom stereocenters. The Hall–Kier alpha value is -2.67. The van der Waals surface area contributed by atoms with Gasteiger partial charge in [-0.05, 0) is 55.0 Å². The molecule has 0 radical (unpaired) electrons. The maximum absolute atomic E-state index is 13.2. The predicted octanol–water partition coefficient (Wildman–Crippen LogP) is 4.15. The molecule has 0 amide bonds. The van der Waals surface area contributed by atoms with Gasteiger partial charge in [0, 0.05) is 13.1 Å². The average molecular weight is 386 g/mol. The second kappa shape index (κ2) is 9.32. The fourth-order valence-electron chi connectivity index (χ4n) is 2.65. The second-order valence-corrected chi connectivity index (χ2v) is 7.01. The molecule has 142 valence electrons. The van der Waals surface area contributed by atoms with Crippen LogP contribution in [0.1, 0.15) is 23.7 Å². The summed E-state index contributed by atoms with van der Waals surface area (Å²) in [5.41, 5.74) is 2.87. The second-order valence-electron chi connectivity index (χ2n) is 6.06. The van der Waals surface area contributed by atoms with Crippen molar-refractivity contribution in [3.05, 3.63) is 64.6 Å². The van der Waals surface area contributed by atoms with Crippen molar-refractivity contribution in [1.82, 2.24) is 15.6 Å². The van der Waals surface area contributed by atoms with E-state index >= 15 is 0 Å². The van der Waals surface area contributed by atoms with Gasteiger partial charge >= 0.3 is 0 Å². The zero-order valence-corrected chi connectivity index (χ0v) is 16.3. The van der Waals surface area contributed by atoms with Gasteiger partial charge in [0.2, 0.25) is 5.89 Å². The highest BCUT2D eigenvalue weighted by molar-refractivity contribution is 7.13. The first-order valence-corrected chi connectivity index (χ1v) is 9.79. The van der Waals surface area contributed by atoms with Gasteiger partial charge in [0.1, 0.15) is 17.8 Å². The van der Waals surface area contributed by atoms with Crippen molar-refractivity contribution in [2.75, 3.05) is 13.1 Å². The Bertz CT molecular complexity index is 889. The van der Waals surface area contributed by atoms with Crippen molar-refractivity contribution in [2.24, 2.45) is 4.99 Å². The largest absolute Gasteiger partial charge is 0.443 e. The Morgan fingerprint density at radius 1 is 1.30 bits per heavy atom. The van der Waals surface area contributed by atoms with E-state index in [0.29, 0.717) is 19.0 Å². The third kappa shape index (κ3) is 5.40. The van der Waals surface area contributed by atoms with E-state index in [2.05, 4.69) is 20.6 Å². The first kappa shape index (κ1) is 19.1. The molecule has 1 aromatic carbocycles. The van der Waals surface area contributed by atoms with Crippen LogP contribution in [-0.4, -0.2) is 24.0 Å². The van der Waals surface area contributed by atoms with E-state index in [1.54, 1.807) is 23.7 Å². The standard InChI is InChI=1S/C20H23FN4OS/c1-3-22-20(23-9-8-15-6-7-16(21)11-14(15)2)24-12-17-13-26-19(25-17)18-5-4-10-27-18/h4-7,10-11,13H,3,8-9,12H2,1-2H3,(H2,22,23,24). The Morgan fingerprint density at radius 2 is 2.19 bits per heavy atom. The van der Waals surface area contributed by atoms with Gasteiger partial charge in [-0.3, -0.25) is 0 Å². The van der Waals surface area contributed by atoms with E-state index in [9.17, 15) is 4.39 Å². The molecule has 0 aliphatic heterocycles. The highest BCUT2D eigenvalue weighted by Gasteiger charge is 2.07. The molecule has 5 nitrogen and oxygen atoms in total. The third-order valence-electron chi connectivity index (χ3n) is 4.02.